The number of carbonyl (C=O) groups is 2. The zero-order chi connectivity index (χ0) is 13.0. The summed E-state index contributed by atoms with van der Waals surface area (Å²) in [4.78, 5) is 24.7. The highest BCUT2D eigenvalue weighted by Crippen LogP contribution is 2.39. The Morgan fingerprint density at radius 2 is 2.00 bits per heavy atom. The minimum absolute atomic E-state index is 0.0809. The molecule has 2 rings (SSSR count). The molecule has 0 saturated carbocycles. The summed E-state index contributed by atoms with van der Waals surface area (Å²) in [6.45, 7) is 3.80. The molecule has 4 nitrogen and oxygen atoms in total. The molecule has 0 fully saturated rings. The Labute approximate surface area is 107 Å². The fourth-order valence-electron chi connectivity index (χ4n) is 2.04. The van der Waals surface area contributed by atoms with E-state index in [2.05, 4.69) is 15.9 Å². The average Bonchev–Trinajstić information content (AvgIpc) is 2.39. The van der Waals surface area contributed by atoms with Crippen LogP contribution in [-0.4, -0.2) is 28.9 Å². The van der Waals surface area contributed by atoms with Crippen molar-refractivity contribution < 1.29 is 14.7 Å². The summed E-state index contributed by atoms with van der Waals surface area (Å²) in [5, 5.41) is 9.07. The van der Waals surface area contributed by atoms with Gasteiger partial charge in [-0.15, -0.1) is 0 Å². The number of rotatable bonds is 1. The number of amides is 1. The van der Waals surface area contributed by atoms with E-state index in [1.165, 1.54) is 0 Å². The van der Waals surface area contributed by atoms with Gasteiger partial charge in [0.1, 0.15) is 0 Å². The lowest BCUT2D eigenvalue weighted by Gasteiger charge is -2.28. The predicted molar refractivity (Wildman–Crippen MR) is 66.2 cm³/mol. The molecule has 1 aliphatic heterocycles. The highest BCUT2D eigenvalue weighted by molar-refractivity contribution is 9.10. The van der Waals surface area contributed by atoms with Crippen molar-refractivity contribution in [1.82, 2.24) is 4.90 Å². The van der Waals surface area contributed by atoms with Gasteiger partial charge in [-0.1, -0.05) is 0 Å². The van der Waals surface area contributed by atoms with E-state index >= 15 is 0 Å². The van der Waals surface area contributed by atoms with Gasteiger partial charge in [0.25, 0.3) is 5.91 Å². The molecule has 0 aliphatic carbocycles. The lowest BCUT2D eigenvalue weighted by molar-refractivity contribution is 0.0688. The third-order valence-corrected chi connectivity index (χ3v) is 4.03. The Morgan fingerprint density at radius 3 is 2.53 bits per heavy atom. The first-order chi connectivity index (χ1) is 7.76. The molecule has 1 heterocycles. The van der Waals surface area contributed by atoms with E-state index in [0.29, 0.717) is 10.0 Å². The average molecular weight is 298 g/mol. The number of fused-ring (bicyclic) bond motifs is 1. The zero-order valence-corrected chi connectivity index (χ0v) is 11.3. The van der Waals surface area contributed by atoms with Crippen LogP contribution in [0.15, 0.2) is 16.6 Å². The summed E-state index contributed by atoms with van der Waals surface area (Å²) < 4.78 is 0.434. The summed E-state index contributed by atoms with van der Waals surface area (Å²) >= 11 is 3.18. The lowest BCUT2D eigenvalue weighted by Crippen LogP contribution is -2.35. The highest BCUT2D eigenvalue weighted by Gasteiger charge is 2.41. The number of carboxylic acids is 1. The van der Waals surface area contributed by atoms with E-state index in [9.17, 15) is 9.59 Å². The van der Waals surface area contributed by atoms with Crippen LogP contribution >= 0.6 is 15.9 Å². The first-order valence-electron chi connectivity index (χ1n) is 5.12. The second-order valence-electron chi connectivity index (χ2n) is 4.61. The SMILES string of the molecule is CN1C(=O)c2cc(Br)c(C(=O)O)cc2C1(C)C. The monoisotopic (exact) mass is 297 g/mol. The van der Waals surface area contributed by atoms with Crippen LogP contribution in [0.25, 0.3) is 0 Å². The van der Waals surface area contributed by atoms with E-state index in [-0.39, 0.29) is 11.5 Å². The van der Waals surface area contributed by atoms with E-state index < -0.39 is 11.5 Å². The molecular formula is C12H12BrNO3. The number of carbonyl (C=O) groups excluding carboxylic acids is 1. The molecule has 17 heavy (non-hydrogen) atoms. The summed E-state index contributed by atoms with van der Waals surface area (Å²) in [5.74, 6) is -1.08. The fourth-order valence-corrected chi connectivity index (χ4v) is 2.55. The molecule has 1 N–H and O–H groups in total. The molecule has 0 saturated heterocycles. The standard InChI is InChI=1S/C12H12BrNO3/c1-12(2)8-4-7(11(16)17)9(13)5-6(8)10(15)14(12)3/h4-5H,1-3H3,(H,16,17). The van der Waals surface area contributed by atoms with Gasteiger partial charge in [-0.2, -0.15) is 0 Å². The van der Waals surface area contributed by atoms with Gasteiger partial charge in [-0.25, -0.2) is 4.79 Å². The van der Waals surface area contributed by atoms with Crippen molar-refractivity contribution in [2.24, 2.45) is 0 Å². The smallest absolute Gasteiger partial charge is 0.336 e. The second kappa shape index (κ2) is 3.57. The molecule has 5 heteroatoms. The van der Waals surface area contributed by atoms with E-state index in [1.807, 2.05) is 13.8 Å². The minimum atomic E-state index is -1.00. The Balaban J connectivity index is 2.73. The van der Waals surface area contributed by atoms with Gasteiger partial charge in [0.05, 0.1) is 11.1 Å². The van der Waals surface area contributed by atoms with Crippen molar-refractivity contribution in [3.05, 3.63) is 33.3 Å². The van der Waals surface area contributed by atoms with Crippen LogP contribution in [0.5, 0.6) is 0 Å². The summed E-state index contributed by atoms with van der Waals surface area (Å²) in [6.07, 6.45) is 0. The molecular weight excluding hydrogens is 286 g/mol. The van der Waals surface area contributed by atoms with Crippen molar-refractivity contribution in [2.45, 2.75) is 19.4 Å². The summed E-state index contributed by atoms with van der Waals surface area (Å²) in [6, 6.07) is 3.16. The van der Waals surface area contributed by atoms with Crippen LogP contribution in [0.3, 0.4) is 0 Å². The molecule has 1 aromatic carbocycles. The topological polar surface area (TPSA) is 57.6 Å². The zero-order valence-electron chi connectivity index (χ0n) is 9.74. The van der Waals surface area contributed by atoms with Crippen LogP contribution in [0.4, 0.5) is 0 Å². The van der Waals surface area contributed by atoms with Crippen molar-refractivity contribution in [3.8, 4) is 0 Å². The maximum absolute atomic E-state index is 12.0. The molecule has 0 atom stereocenters. The minimum Gasteiger partial charge on any atom is -0.478 e. The predicted octanol–water partition coefficient (Wildman–Crippen LogP) is 2.47. The maximum atomic E-state index is 12.0. The fraction of sp³-hybridized carbons (Fsp3) is 0.333. The van der Waals surface area contributed by atoms with Crippen LogP contribution in [0, 0.1) is 0 Å². The summed E-state index contributed by atoms with van der Waals surface area (Å²) in [7, 11) is 1.72. The van der Waals surface area contributed by atoms with Gasteiger partial charge < -0.3 is 10.0 Å². The molecule has 1 aliphatic rings. The van der Waals surface area contributed by atoms with Gasteiger partial charge in [-0.3, -0.25) is 4.79 Å². The second-order valence-corrected chi connectivity index (χ2v) is 5.46. The number of aromatic carboxylic acids is 1. The number of hydrogen-bond acceptors (Lipinski definition) is 2. The van der Waals surface area contributed by atoms with Gasteiger partial charge >= 0.3 is 5.97 Å². The molecule has 0 radical (unpaired) electrons. The first-order valence-corrected chi connectivity index (χ1v) is 5.91. The van der Waals surface area contributed by atoms with Crippen molar-refractivity contribution in [1.29, 1.82) is 0 Å². The third kappa shape index (κ3) is 1.57. The molecule has 0 unspecified atom stereocenters. The molecule has 0 aromatic heterocycles. The van der Waals surface area contributed by atoms with Crippen LogP contribution in [-0.2, 0) is 5.54 Å². The lowest BCUT2D eigenvalue weighted by atomic mass is 9.92. The van der Waals surface area contributed by atoms with Crippen LogP contribution in [0.2, 0.25) is 0 Å². The molecule has 0 spiro atoms. The normalized spacial score (nSPS) is 17.2. The van der Waals surface area contributed by atoms with Gasteiger partial charge in [-0.05, 0) is 47.5 Å². The van der Waals surface area contributed by atoms with E-state index in [1.54, 1.807) is 24.1 Å². The van der Waals surface area contributed by atoms with Crippen molar-refractivity contribution in [2.75, 3.05) is 7.05 Å². The molecule has 90 valence electrons. The molecule has 0 bridgehead atoms. The Bertz CT molecular complexity index is 537. The van der Waals surface area contributed by atoms with Gasteiger partial charge in [0, 0.05) is 17.1 Å². The van der Waals surface area contributed by atoms with Gasteiger partial charge in [0.2, 0.25) is 0 Å². The Kier molecular flexibility index (Phi) is 2.54. The third-order valence-electron chi connectivity index (χ3n) is 3.37. The van der Waals surface area contributed by atoms with E-state index in [4.69, 9.17) is 5.11 Å². The van der Waals surface area contributed by atoms with E-state index in [0.717, 1.165) is 5.56 Å². The number of carboxylic acid groups (broad SMARTS) is 1. The highest BCUT2D eigenvalue weighted by atomic mass is 79.9. The maximum Gasteiger partial charge on any atom is 0.336 e. The number of nitrogens with zero attached hydrogens (tertiary/aromatic N) is 1. The van der Waals surface area contributed by atoms with Crippen LogP contribution in [0.1, 0.15) is 40.1 Å². The first kappa shape index (κ1) is 12.1. The quantitative estimate of drug-likeness (QED) is 0.866. The molecule has 1 aromatic rings. The number of benzene rings is 1. The Morgan fingerprint density at radius 1 is 1.41 bits per heavy atom. The number of hydrogen-bond donors (Lipinski definition) is 1. The van der Waals surface area contributed by atoms with Crippen LogP contribution < -0.4 is 0 Å². The van der Waals surface area contributed by atoms with Crippen molar-refractivity contribution in [3.63, 3.8) is 0 Å². The number of halogens is 1. The Hall–Kier alpha value is -1.36. The van der Waals surface area contributed by atoms with Crippen molar-refractivity contribution >= 4 is 27.8 Å². The molecule has 1 amide bonds. The summed E-state index contributed by atoms with van der Waals surface area (Å²) in [5.41, 5.74) is 1.03. The van der Waals surface area contributed by atoms with Gasteiger partial charge in [0.15, 0.2) is 0 Å². The largest absolute Gasteiger partial charge is 0.478 e.